The molecule has 7 heteroatoms. The third-order valence-corrected chi connectivity index (χ3v) is 4.58. The van der Waals surface area contributed by atoms with Crippen molar-refractivity contribution in [3.8, 4) is 0 Å². The van der Waals surface area contributed by atoms with Crippen molar-refractivity contribution in [1.29, 1.82) is 0 Å². The zero-order valence-corrected chi connectivity index (χ0v) is 22.0. The highest BCUT2D eigenvalue weighted by Gasteiger charge is 2.11. The largest absolute Gasteiger partial charge is 0.399 e. The van der Waals surface area contributed by atoms with Crippen molar-refractivity contribution in [2.45, 2.75) is 54.4 Å². The summed E-state index contributed by atoms with van der Waals surface area (Å²) in [7, 11) is 1.47. The first kappa shape index (κ1) is 31.1. The van der Waals surface area contributed by atoms with Crippen LogP contribution < -0.4 is 5.73 Å². The maximum absolute atomic E-state index is 14.6. The molecule has 1 aromatic carbocycles. The third kappa shape index (κ3) is 11.8. The molecule has 0 amide bonds. The van der Waals surface area contributed by atoms with Crippen LogP contribution in [0.1, 0.15) is 59.1 Å². The molecule has 6 nitrogen and oxygen atoms in total. The van der Waals surface area contributed by atoms with E-state index in [1.807, 2.05) is 63.8 Å². The Morgan fingerprint density at radius 1 is 1.21 bits per heavy atom. The van der Waals surface area contributed by atoms with Gasteiger partial charge >= 0.3 is 0 Å². The predicted molar refractivity (Wildman–Crippen MR) is 143 cm³/mol. The molecule has 1 aromatic rings. The van der Waals surface area contributed by atoms with E-state index in [2.05, 4.69) is 17.1 Å². The van der Waals surface area contributed by atoms with Gasteiger partial charge in [0.15, 0.2) is 5.96 Å². The molecule has 1 fully saturated rings. The Bertz CT molecular complexity index is 839. The molecule has 0 radical (unpaired) electrons. The van der Waals surface area contributed by atoms with Crippen LogP contribution in [0.2, 0.25) is 0 Å². The number of aliphatic imine (C=N–C) groups is 1. The lowest BCUT2D eigenvalue weighted by Crippen LogP contribution is -2.44. The predicted octanol–water partition coefficient (Wildman–Crippen LogP) is 5.95. The number of oxime groups is 1. The number of hydrogen-bond acceptors (Lipinski definition) is 4. The summed E-state index contributed by atoms with van der Waals surface area (Å²) in [5.74, 6) is 0.169. The molecule has 2 N–H and O–H groups in total. The Morgan fingerprint density at radius 2 is 1.88 bits per heavy atom. The van der Waals surface area contributed by atoms with Gasteiger partial charge in [-0.05, 0) is 36.6 Å². The van der Waals surface area contributed by atoms with Crippen molar-refractivity contribution in [3.63, 3.8) is 0 Å². The van der Waals surface area contributed by atoms with E-state index in [4.69, 9.17) is 15.3 Å². The van der Waals surface area contributed by atoms with E-state index in [-0.39, 0.29) is 5.82 Å². The number of nitrogens with zero attached hydrogens (tertiary/aromatic N) is 3. The second-order valence-corrected chi connectivity index (χ2v) is 6.84. The Labute approximate surface area is 205 Å². The number of guanidine groups is 1. The molecule has 34 heavy (non-hydrogen) atoms. The van der Waals surface area contributed by atoms with Gasteiger partial charge in [0.25, 0.3) is 0 Å². The highest BCUT2D eigenvalue weighted by molar-refractivity contribution is 5.96. The van der Waals surface area contributed by atoms with E-state index in [0.29, 0.717) is 36.9 Å². The molecule has 1 aliphatic heterocycles. The van der Waals surface area contributed by atoms with Crippen molar-refractivity contribution >= 4 is 17.2 Å². The Balaban J connectivity index is 0.00000258. The average Bonchev–Trinajstić information content (AvgIpc) is 2.87. The molecule has 0 aromatic heterocycles. The topological polar surface area (TPSA) is 72.4 Å². The van der Waals surface area contributed by atoms with Crippen LogP contribution in [0.3, 0.4) is 0 Å². The summed E-state index contributed by atoms with van der Waals surface area (Å²) in [6.45, 7) is 14.7. The monoisotopic (exact) mass is 474 g/mol. The lowest BCUT2D eigenvalue weighted by Gasteiger charge is -2.27. The van der Waals surface area contributed by atoms with Crippen molar-refractivity contribution in [2.75, 3.05) is 33.4 Å². The number of benzene rings is 1. The van der Waals surface area contributed by atoms with Crippen molar-refractivity contribution in [3.05, 3.63) is 65.6 Å². The molecule has 0 spiro atoms. The summed E-state index contributed by atoms with van der Waals surface area (Å²) in [6, 6.07) is 5.21. The molecule has 0 aliphatic carbocycles. The molecule has 0 saturated carbocycles. The maximum atomic E-state index is 14.6. The van der Waals surface area contributed by atoms with E-state index >= 15 is 0 Å². The van der Waals surface area contributed by atoms with Gasteiger partial charge in [-0.1, -0.05) is 70.1 Å². The van der Waals surface area contributed by atoms with Crippen molar-refractivity contribution < 1.29 is 14.0 Å². The standard InChI is InChI=1S/C23H31FN4O2.2C2H6/c1-4-5-6-7-18(2)21-9-8-19(17-22(21)24)16-20(27-29-3)10-11-26-23(25)28-12-14-30-15-13-28;2*1-2/h5-11,17H,4,12-16H2,1-3H3,(H2,25,26);2*1-2H3/b6-5-,11-10+,18-7+,27-20+;;. The van der Waals surface area contributed by atoms with E-state index in [1.165, 1.54) is 13.2 Å². The maximum Gasteiger partial charge on any atom is 0.196 e. The fourth-order valence-corrected chi connectivity index (χ4v) is 2.95. The van der Waals surface area contributed by atoms with Crippen molar-refractivity contribution in [2.24, 2.45) is 15.9 Å². The lowest BCUT2D eigenvalue weighted by molar-refractivity contribution is 0.0675. The summed E-state index contributed by atoms with van der Waals surface area (Å²) < 4.78 is 19.9. The second kappa shape index (κ2) is 19.5. The van der Waals surface area contributed by atoms with Crippen LogP contribution in [0.5, 0.6) is 0 Å². The van der Waals surface area contributed by atoms with Gasteiger partial charge in [0.05, 0.1) is 18.9 Å². The number of rotatable bonds is 8. The van der Waals surface area contributed by atoms with Crippen LogP contribution in [0, 0.1) is 5.82 Å². The van der Waals surface area contributed by atoms with Gasteiger partial charge in [-0.3, -0.25) is 0 Å². The molecule has 190 valence electrons. The van der Waals surface area contributed by atoms with E-state index < -0.39 is 0 Å². The number of ether oxygens (including phenoxy) is 1. The number of halogens is 1. The molecule has 1 aliphatic rings. The highest BCUT2D eigenvalue weighted by atomic mass is 19.1. The number of allylic oxidation sites excluding steroid dienone is 5. The van der Waals surface area contributed by atoms with Gasteiger partial charge in [0.2, 0.25) is 0 Å². The van der Waals surface area contributed by atoms with Gasteiger partial charge in [0.1, 0.15) is 12.9 Å². The minimum absolute atomic E-state index is 0.263. The van der Waals surface area contributed by atoms with Gasteiger partial charge < -0.3 is 20.2 Å². The molecule has 0 unspecified atom stereocenters. The minimum Gasteiger partial charge on any atom is -0.399 e. The van der Waals surface area contributed by atoms with Crippen LogP contribution in [-0.2, 0) is 16.0 Å². The number of hydrogen-bond donors (Lipinski definition) is 1. The second-order valence-electron chi connectivity index (χ2n) is 6.84. The van der Waals surface area contributed by atoms with Gasteiger partial charge in [-0.25, -0.2) is 9.38 Å². The summed E-state index contributed by atoms with van der Waals surface area (Å²) in [5, 5.41) is 4.01. The third-order valence-electron chi connectivity index (χ3n) is 4.58. The molecule has 2 rings (SSSR count). The van der Waals surface area contributed by atoms with Gasteiger partial charge in [-0.2, -0.15) is 0 Å². The molecule has 0 bridgehead atoms. The molecular weight excluding hydrogens is 431 g/mol. The van der Waals surface area contributed by atoms with Crippen LogP contribution >= 0.6 is 0 Å². The Kier molecular flexibility index (Phi) is 17.8. The molecule has 1 heterocycles. The summed E-state index contributed by atoms with van der Waals surface area (Å²) in [4.78, 5) is 11.1. The summed E-state index contributed by atoms with van der Waals surface area (Å²) >= 11 is 0. The van der Waals surface area contributed by atoms with Crippen LogP contribution in [-0.4, -0.2) is 50.0 Å². The van der Waals surface area contributed by atoms with Gasteiger partial charge in [-0.15, -0.1) is 0 Å². The first-order chi connectivity index (χ1) is 16.5. The normalized spacial score (nSPS) is 15.1. The van der Waals surface area contributed by atoms with Crippen LogP contribution in [0.25, 0.3) is 5.57 Å². The smallest absolute Gasteiger partial charge is 0.196 e. The van der Waals surface area contributed by atoms with E-state index in [9.17, 15) is 4.39 Å². The Hall–Kier alpha value is -2.93. The molecular formula is C27H43FN4O2. The minimum atomic E-state index is -0.263. The quantitative estimate of drug-likeness (QED) is 0.219. The Morgan fingerprint density at radius 3 is 2.47 bits per heavy atom. The van der Waals surface area contributed by atoms with E-state index in [1.54, 1.807) is 18.3 Å². The molecule has 0 atom stereocenters. The number of morpholine rings is 1. The van der Waals surface area contributed by atoms with E-state index in [0.717, 1.165) is 30.6 Å². The number of nitrogens with two attached hydrogens (primary N) is 1. The first-order valence-corrected chi connectivity index (χ1v) is 12.1. The summed E-state index contributed by atoms with van der Waals surface area (Å²) in [6.07, 6.45) is 10.5. The first-order valence-electron chi connectivity index (χ1n) is 12.1. The fraction of sp³-hybridized carbons (Fsp3) is 0.481. The SMILES string of the molecule is CC.CC.CC/C=C\C=C(/C)c1ccc(CC(/C=C/N=C(N)N2CCOCC2)=N/OC)cc1F. The lowest BCUT2D eigenvalue weighted by atomic mass is 10.0. The summed E-state index contributed by atoms with van der Waals surface area (Å²) in [5.41, 5.74) is 8.87. The van der Waals surface area contributed by atoms with Crippen molar-refractivity contribution in [1.82, 2.24) is 4.90 Å². The zero-order chi connectivity index (χ0) is 25.8. The van der Waals surface area contributed by atoms with Crippen LogP contribution in [0.4, 0.5) is 4.39 Å². The fourth-order valence-electron chi connectivity index (χ4n) is 2.95. The molecule has 1 saturated heterocycles. The zero-order valence-electron chi connectivity index (χ0n) is 22.0. The van der Waals surface area contributed by atoms with Gasteiger partial charge in [0, 0.05) is 31.3 Å². The highest BCUT2D eigenvalue weighted by Crippen LogP contribution is 2.20. The average molecular weight is 475 g/mol. The van der Waals surface area contributed by atoms with Crippen LogP contribution in [0.15, 0.2) is 58.9 Å².